The molecule has 0 aliphatic carbocycles. The van der Waals surface area contributed by atoms with Gasteiger partial charge in [-0.05, 0) is 31.2 Å². The number of anilines is 2. The molecular formula is C23H23F2N5O3. The third-order valence-corrected chi connectivity index (χ3v) is 5.42. The highest BCUT2D eigenvalue weighted by atomic mass is 19.3. The van der Waals surface area contributed by atoms with E-state index in [9.17, 15) is 18.4 Å². The standard InChI is InChI=1S/C23H23F2N5O3/c1-14-18(19-12-20(23(32)29(2)28-19)30-6-8-33-9-7-30)11-17(13-26-14)27-22(31)16-5-3-4-15(10-16)21(24)25/h3-5,10-13,21H,6-9H2,1-2H3,(H,27,31). The van der Waals surface area contributed by atoms with Gasteiger partial charge in [-0.25, -0.2) is 13.5 Å². The number of hydrogen-bond acceptors (Lipinski definition) is 6. The smallest absolute Gasteiger partial charge is 0.290 e. The first-order valence-corrected chi connectivity index (χ1v) is 10.4. The van der Waals surface area contributed by atoms with Crippen molar-refractivity contribution in [3.63, 3.8) is 0 Å². The van der Waals surface area contributed by atoms with Crippen molar-refractivity contribution in [2.75, 3.05) is 36.5 Å². The largest absolute Gasteiger partial charge is 0.378 e. The van der Waals surface area contributed by atoms with Crippen molar-refractivity contribution >= 4 is 17.3 Å². The molecule has 0 saturated carbocycles. The molecule has 2 aromatic heterocycles. The molecule has 1 aliphatic rings. The van der Waals surface area contributed by atoms with Gasteiger partial charge < -0.3 is 15.0 Å². The summed E-state index contributed by atoms with van der Waals surface area (Å²) in [4.78, 5) is 31.6. The molecule has 0 unspecified atom stereocenters. The van der Waals surface area contributed by atoms with Crippen LogP contribution >= 0.6 is 0 Å². The maximum Gasteiger partial charge on any atom is 0.290 e. The van der Waals surface area contributed by atoms with Crippen LogP contribution < -0.4 is 15.8 Å². The van der Waals surface area contributed by atoms with Gasteiger partial charge in [-0.2, -0.15) is 5.10 Å². The Labute approximate surface area is 188 Å². The Balaban J connectivity index is 1.65. The van der Waals surface area contributed by atoms with Gasteiger partial charge >= 0.3 is 0 Å². The van der Waals surface area contributed by atoms with Crippen LogP contribution in [0, 0.1) is 6.92 Å². The predicted molar refractivity (Wildman–Crippen MR) is 120 cm³/mol. The number of ether oxygens (including phenoxy) is 1. The molecule has 0 atom stereocenters. The molecule has 0 spiro atoms. The Morgan fingerprint density at radius 1 is 1.18 bits per heavy atom. The second kappa shape index (κ2) is 9.45. The number of nitrogens with zero attached hydrogens (tertiary/aromatic N) is 4. The fraction of sp³-hybridized carbons (Fsp3) is 0.304. The number of benzene rings is 1. The number of alkyl halides is 2. The van der Waals surface area contributed by atoms with Crippen LogP contribution in [0.25, 0.3) is 11.3 Å². The van der Waals surface area contributed by atoms with Gasteiger partial charge in [0.05, 0.1) is 30.8 Å². The number of halogens is 2. The van der Waals surface area contributed by atoms with E-state index in [1.54, 1.807) is 26.1 Å². The van der Waals surface area contributed by atoms with E-state index >= 15 is 0 Å². The summed E-state index contributed by atoms with van der Waals surface area (Å²) < 4.78 is 32.6. The number of nitrogens with one attached hydrogen (secondary N) is 1. The maximum absolute atomic E-state index is 13.0. The minimum Gasteiger partial charge on any atom is -0.378 e. The number of pyridine rings is 1. The number of morpholine rings is 1. The van der Waals surface area contributed by atoms with E-state index in [0.29, 0.717) is 54.6 Å². The molecule has 1 fully saturated rings. The Kier molecular flexibility index (Phi) is 6.45. The van der Waals surface area contributed by atoms with E-state index in [0.717, 1.165) is 6.07 Å². The van der Waals surface area contributed by atoms with E-state index < -0.39 is 12.3 Å². The van der Waals surface area contributed by atoms with Crippen LogP contribution in [0.2, 0.25) is 0 Å². The molecule has 1 aromatic carbocycles. The monoisotopic (exact) mass is 455 g/mol. The number of amides is 1. The lowest BCUT2D eigenvalue weighted by Crippen LogP contribution is -2.40. The summed E-state index contributed by atoms with van der Waals surface area (Å²) in [6.45, 7) is 4.08. The van der Waals surface area contributed by atoms with Gasteiger partial charge in [0.2, 0.25) is 0 Å². The van der Waals surface area contributed by atoms with Crippen molar-refractivity contribution in [1.82, 2.24) is 14.8 Å². The van der Waals surface area contributed by atoms with Gasteiger partial charge in [0.25, 0.3) is 17.9 Å². The molecule has 10 heteroatoms. The molecule has 1 saturated heterocycles. The van der Waals surface area contributed by atoms with Crippen molar-refractivity contribution in [3.05, 3.63) is 69.8 Å². The molecule has 0 radical (unpaired) electrons. The summed E-state index contributed by atoms with van der Waals surface area (Å²) in [6.07, 6.45) is -1.18. The first kappa shape index (κ1) is 22.5. The van der Waals surface area contributed by atoms with Crippen LogP contribution in [0.5, 0.6) is 0 Å². The normalized spacial score (nSPS) is 13.9. The number of aromatic nitrogens is 3. The van der Waals surface area contributed by atoms with Crippen LogP contribution in [-0.4, -0.2) is 47.0 Å². The average Bonchev–Trinajstić information content (AvgIpc) is 2.82. The fourth-order valence-electron chi connectivity index (χ4n) is 3.63. The highest BCUT2D eigenvalue weighted by Gasteiger charge is 2.19. The molecule has 3 aromatic rings. The topological polar surface area (TPSA) is 89.4 Å². The van der Waals surface area contributed by atoms with Gasteiger partial charge in [0.15, 0.2) is 0 Å². The third-order valence-electron chi connectivity index (χ3n) is 5.42. The zero-order chi connectivity index (χ0) is 23.5. The van der Waals surface area contributed by atoms with Gasteiger partial charge in [-0.15, -0.1) is 0 Å². The molecule has 1 amide bonds. The second-order valence-corrected chi connectivity index (χ2v) is 7.68. The Morgan fingerprint density at radius 2 is 1.94 bits per heavy atom. The molecule has 1 N–H and O–H groups in total. The molecule has 172 valence electrons. The van der Waals surface area contributed by atoms with Crippen molar-refractivity contribution in [2.24, 2.45) is 7.05 Å². The van der Waals surface area contributed by atoms with E-state index in [1.807, 2.05) is 4.90 Å². The van der Waals surface area contributed by atoms with Crippen molar-refractivity contribution < 1.29 is 18.3 Å². The Bertz CT molecular complexity index is 1240. The highest BCUT2D eigenvalue weighted by Crippen LogP contribution is 2.26. The van der Waals surface area contributed by atoms with Crippen LogP contribution in [0.1, 0.15) is 28.0 Å². The lowest BCUT2D eigenvalue weighted by molar-refractivity contribution is 0.102. The lowest BCUT2D eigenvalue weighted by atomic mass is 10.1. The highest BCUT2D eigenvalue weighted by molar-refractivity contribution is 6.04. The minimum atomic E-state index is -2.66. The van der Waals surface area contributed by atoms with Gasteiger partial charge in [-0.3, -0.25) is 14.6 Å². The van der Waals surface area contributed by atoms with Gasteiger partial charge in [0.1, 0.15) is 5.69 Å². The van der Waals surface area contributed by atoms with E-state index in [2.05, 4.69) is 15.4 Å². The Hall–Kier alpha value is -3.66. The van der Waals surface area contributed by atoms with Crippen LogP contribution in [0.4, 0.5) is 20.2 Å². The number of carbonyl (C=O) groups is 1. The molecule has 8 nitrogen and oxygen atoms in total. The maximum atomic E-state index is 13.0. The minimum absolute atomic E-state index is 0.116. The molecular weight excluding hydrogens is 432 g/mol. The molecule has 3 heterocycles. The summed E-state index contributed by atoms with van der Waals surface area (Å²) in [5.74, 6) is -0.531. The lowest BCUT2D eigenvalue weighted by Gasteiger charge is -2.28. The van der Waals surface area contributed by atoms with E-state index in [1.165, 1.54) is 29.1 Å². The summed E-state index contributed by atoms with van der Waals surface area (Å²) in [7, 11) is 1.58. The zero-order valence-electron chi connectivity index (χ0n) is 18.2. The summed E-state index contributed by atoms with van der Waals surface area (Å²) in [5.41, 5.74) is 2.40. The van der Waals surface area contributed by atoms with E-state index in [4.69, 9.17) is 4.74 Å². The van der Waals surface area contributed by atoms with E-state index in [-0.39, 0.29) is 16.7 Å². The molecule has 0 bridgehead atoms. The van der Waals surface area contributed by atoms with Crippen molar-refractivity contribution in [2.45, 2.75) is 13.3 Å². The second-order valence-electron chi connectivity index (χ2n) is 7.68. The van der Waals surface area contributed by atoms with Gasteiger partial charge in [-0.1, -0.05) is 12.1 Å². The average molecular weight is 455 g/mol. The molecule has 4 rings (SSSR count). The first-order valence-electron chi connectivity index (χ1n) is 10.4. The van der Waals surface area contributed by atoms with Crippen LogP contribution in [-0.2, 0) is 11.8 Å². The summed E-state index contributed by atoms with van der Waals surface area (Å²) in [6, 6.07) is 8.72. The van der Waals surface area contributed by atoms with Crippen molar-refractivity contribution in [3.8, 4) is 11.3 Å². The fourth-order valence-corrected chi connectivity index (χ4v) is 3.63. The number of hydrogen-bond donors (Lipinski definition) is 1. The molecule has 33 heavy (non-hydrogen) atoms. The Morgan fingerprint density at radius 3 is 2.67 bits per heavy atom. The zero-order valence-corrected chi connectivity index (χ0v) is 18.2. The molecule has 1 aliphatic heterocycles. The number of aryl methyl sites for hydroxylation is 2. The number of rotatable bonds is 5. The predicted octanol–water partition coefficient (Wildman–Crippen LogP) is 3.18. The number of carbonyl (C=O) groups excluding carboxylic acids is 1. The quantitative estimate of drug-likeness (QED) is 0.636. The van der Waals surface area contributed by atoms with Crippen LogP contribution in [0.15, 0.2) is 47.4 Å². The van der Waals surface area contributed by atoms with Gasteiger partial charge in [0, 0.05) is 42.5 Å². The van der Waals surface area contributed by atoms with Crippen LogP contribution in [0.3, 0.4) is 0 Å². The SMILES string of the molecule is Cc1ncc(NC(=O)c2cccc(C(F)F)c2)cc1-c1cc(N2CCOCC2)c(=O)n(C)n1. The van der Waals surface area contributed by atoms with Crippen molar-refractivity contribution in [1.29, 1.82) is 0 Å². The first-order chi connectivity index (χ1) is 15.8. The third kappa shape index (κ3) is 4.90. The summed E-state index contributed by atoms with van der Waals surface area (Å²) >= 11 is 0. The summed E-state index contributed by atoms with van der Waals surface area (Å²) in [5, 5.41) is 7.08.